The molecule has 4 nitrogen and oxygen atoms in total. The Hall–Kier alpha value is -1.69. The van der Waals surface area contributed by atoms with E-state index < -0.39 is 10.0 Å². The maximum Gasteiger partial charge on any atom is 0.243 e. The molecule has 0 unspecified atom stereocenters. The second-order valence-electron chi connectivity index (χ2n) is 5.45. The third-order valence-corrected chi connectivity index (χ3v) is 5.74. The topological polar surface area (TPSA) is 46.6 Å². The van der Waals surface area contributed by atoms with E-state index in [0.717, 1.165) is 11.1 Å². The SMILES string of the molecule is Cc1ccc(S(=O)(=O)N2CCO[C@H](c3ccccc3)C2)cc1. The first-order valence-electron chi connectivity index (χ1n) is 7.31. The van der Waals surface area contributed by atoms with Crippen LogP contribution in [0.1, 0.15) is 17.2 Å². The molecule has 5 heteroatoms. The second kappa shape index (κ2) is 6.20. The zero-order chi connectivity index (χ0) is 15.6. The predicted octanol–water partition coefficient (Wildman–Crippen LogP) is 2.76. The standard InChI is InChI=1S/C17H19NO3S/c1-14-7-9-16(10-8-14)22(19,20)18-11-12-21-17(13-18)15-5-3-2-4-6-15/h2-10,17H,11-13H2,1H3/t17-/m0/s1. The molecular formula is C17H19NO3S. The molecule has 0 N–H and O–H groups in total. The molecule has 2 aromatic carbocycles. The van der Waals surface area contributed by atoms with E-state index in [-0.39, 0.29) is 6.10 Å². The Labute approximate surface area is 131 Å². The van der Waals surface area contributed by atoms with Crippen LogP contribution in [-0.4, -0.2) is 32.4 Å². The molecule has 3 rings (SSSR count). The minimum absolute atomic E-state index is 0.213. The molecule has 1 saturated heterocycles. The van der Waals surface area contributed by atoms with Crippen LogP contribution in [0.4, 0.5) is 0 Å². The Kier molecular flexibility index (Phi) is 4.29. The van der Waals surface area contributed by atoms with E-state index >= 15 is 0 Å². The van der Waals surface area contributed by atoms with Crippen molar-refractivity contribution in [2.75, 3.05) is 19.7 Å². The van der Waals surface area contributed by atoms with Crippen molar-refractivity contribution < 1.29 is 13.2 Å². The Balaban J connectivity index is 1.83. The van der Waals surface area contributed by atoms with Crippen molar-refractivity contribution >= 4 is 10.0 Å². The number of hydrogen-bond donors (Lipinski definition) is 0. The predicted molar refractivity (Wildman–Crippen MR) is 85.1 cm³/mol. The second-order valence-corrected chi connectivity index (χ2v) is 7.38. The van der Waals surface area contributed by atoms with Gasteiger partial charge in [0.15, 0.2) is 0 Å². The molecule has 22 heavy (non-hydrogen) atoms. The first kappa shape index (κ1) is 15.2. The van der Waals surface area contributed by atoms with Crippen molar-refractivity contribution in [2.45, 2.75) is 17.9 Å². The third kappa shape index (κ3) is 3.06. The number of hydrogen-bond acceptors (Lipinski definition) is 3. The summed E-state index contributed by atoms with van der Waals surface area (Å²) < 4.78 is 32.7. The van der Waals surface area contributed by atoms with Crippen LogP contribution < -0.4 is 0 Å². The van der Waals surface area contributed by atoms with Crippen LogP contribution in [0.15, 0.2) is 59.5 Å². The van der Waals surface area contributed by atoms with Gasteiger partial charge < -0.3 is 4.74 Å². The molecule has 1 heterocycles. The molecule has 1 atom stereocenters. The van der Waals surface area contributed by atoms with Gasteiger partial charge in [-0.05, 0) is 24.6 Å². The van der Waals surface area contributed by atoms with Crippen LogP contribution in [0.3, 0.4) is 0 Å². The van der Waals surface area contributed by atoms with Gasteiger partial charge >= 0.3 is 0 Å². The molecule has 1 aliphatic heterocycles. The Morgan fingerprint density at radius 1 is 1.05 bits per heavy atom. The lowest BCUT2D eigenvalue weighted by Gasteiger charge is -2.32. The van der Waals surface area contributed by atoms with Crippen LogP contribution in [0.2, 0.25) is 0 Å². The first-order chi connectivity index (χ1) is 10.6. The summed E-state index contributed by atoms with van der Waals surface area (Å²) in [4.78, 5) is 0.340. The highest BCUT2D eigenvalue weighted by Gasteiger charge is 2.31. The Morgan fingerprint density at radius 2 is 1.73 bits per heavy atom. The highest BCUT2D eigenvalue weighted by molar-refractivity contribution is 7.89. The molecule has 0 bridgehead atoms. The smallest absolute Gasteiger partial charge is 0.243 e. The molecule has 0 aromatic heterocycles. The van der Waals surface area contributed by atoms with E-state index in [9.17, 15) is 8.42 Å². The summed E-state index contributed by atoms with van der Waals surface area (Å²) in [7, 11) is -3.47. The van der Waals surface area contributed by atoms with Gasteiger partial charge in [0.25, 0.3) is 0 Å². The number of benzene rings is 2. The molecule has 0 amide bonds. The largest absolute Gasteiger partial charge is 0.371 e. The molecule has 0 aliphatic carbocycles. The number of morpholine rings is 1. The summed E-state index contributed by atoms with van der Waals surface area (Å²) in [6.45, 7) is 3.08. The lowest BCUT2D eigenvalue weighted by Crippen LogP contribution is -2.42. The van der Waals surface area contributed by atoms with Crippen molar-refractivity contribution in [1.29, 1.82) is 0 Å². The summed E-state index contributed by atoms with van der Waals surface area (Å²) in [6, 6.07) is 16.7. The van der Waals surface area contributed by atoms with Crippen molar-refractivity contribution in [2.24, 2.45) is 0 Å². The average Bonchev–Trinajstić information content (AvgIpc) is 2.56. The van der Waals surface area contributed by atoms with E-state index in [1.807, 2.05) is 49.4 Å². The normalized spacial score (nSPS) is 20.0. The molecule has 116 valence electrons. The molecule has 1 aliphatic rings. The van der Waals surface area contributed by atoms with Gasteiger partial charge in [-0.3, -0.25) is 0 Å². The van der Waals surface area contributed by atoms with Gasteiger partial charge in [0.1, 0.15) is 0 Å². The van der Waals surface area contributed by atoms with Crippen LogP contribution in [0, 0.1) is 6.92 Å². The third-order valence-electron chi connectivity index (χ3n) is 3.86. The van der Waals surface area contributed by atoms with Crippen LogP contribution >= 0.6 is 0 Å². The first-order valence-corrected chi connectivity index (χ1v) is 8.75. The molecule has 2 aromatic rings. The van der Waals surface area contributed by atoms with Crippen LogP contribution in [0.5, 0.6) is 0 Å². The minimum Gasteiger partial charge on any atom is -0.371 e. The van der Waals surface area contributed by atoms with E-state index in [0.29, 0.717) is 24.6 Å². The summed E-state index contributed by atoms with van der Waals surface area (Å²) in [5.74, 6) is 0. The molecule has 0 radical (unpaired) electrons. The lowest BCUT2D eigenvalue weighted by atomic mass is 10.1. The van der Waals surface area contributed by atoms with Gasteiger partial charge in [-0.1, -0.05) is 48.0 Å². The number of ether oxygens (including phenoxy) is 1. The Bertz CT molecular complexity index is 726. The number of nitrogens with zero attached hydrogens (tertiary/aromatic N) is 1. The van der Waals surface area contributed by atoms with Crippen LogP contribution in [-0.2, 0) is 14.8 Å². The fourth-order valence-corrected chi connectivity index (χ4v) is 4.00. The van der Waals surface area contributed by atoms with E-state index in [1.165, 1.54) is 4.31 Å². The fraction of sp³-hybridized carbons (Fsp3) is 0.294. The number of aryl methyl sites for hydroxylation is 1. The zero-order valence-corrected chi connectivity index (χ0v) is 13.3. The van der Waals surface area contributed by atoms with Crippen LogP contribution in [0.25, 0.3) is 0 Å². The van der Waals surface area contributed by atoms with Gasteiger partial charge in [0.2, 0.25) is 10.0 Å². The van der Waals surface area contributed by atoms with Gasteiger partial charge in [0.05, 0.1) is 17.6 Å². The Morgan fingerprint density at radius 3 is 2.41 bits per heavy atom. The molecular weight excluding hydrogens is 298 g/mol. The van der Waals surface area contributed by atoms with Gasteiger partial charge in [-0.15, -0.1) is 0 Å². The fourth-order valence-electron chi connectivity index (χ4n) is 2.57. The number of sulfonamides is 1. The maximum absolute atomic E-state index is 12.7. The van der Waals surface area contributed by atoms with E-state index in [1.54, 1.807) is 12.1 Å². The highest BCUT2D eigenvalue weighted by atomic mass is 32.2. The van der Waals surface area contributed by atoms with Gasteiger partial charge in [-0.25, -0.2) is 8.42 Å². The summed E-state index contributed by atoms with van der Waals surface area (Å²) in [5, 5.41) is 0. The number of rotatable bonds is 3. The minimum atomic E-state index is -3.47. The van der Waals surface area contributed by atoms with Crippen molar-refractivity contribution in [3.63, 3.8) is 0 Å². The summed E-state index contributed by atoms with van der Waals surface area (Å²) in [5.41, 5.74) is 2.05. The van der Waals surface area contributed by atoms with Gasteiger partial charge in [0, 0.05) is 13.1 Å². The lowest BCUT2D eigenvalue weighted by molar-refractivity contribution is -0.00255. The van der Waals surface area contributed by atoms with Crippen molar-refractivity contribution in [3.8, 4) is 0 Å². The summed E-state index contributed by atoms with van der Waals surface area (Å²) >= 11 is 0. The quantitative estimate of drug-likeness (QED) is 0.874. The van der Waals surface area contributed by atoms with E-state index in [4.69, 9.17) is 4.74 Å². The molecule has 0 saturated carbocycles. The summed E-state index contributed by atoms with van der Waals surface area (Å²) in [6.07, 6.45) is -0.213. The molecule has 1 fully saturated rings. The zero-order valence-electron chi connectivity index (χ0n) is 12.5. The highest BCUT2D eigenvalue weighted by Crippen LogP contribution is 2.26. The maximum atomic E-state index is 12.7. The molecule has 0 spiro atoms. The van der Waals surface area contributed by atoms with E-state index in [2.05, 4.69) is 0 Å². The monoisotopic (exact) mass is 317 g/mol. The van der Waals surface area contributed by atoms with Crippen molar-refractivity contribution in [3.05, 3.63) is 65.7 Å². The van der Waals surface area contributed by atoms with Gasteiger partial charge in [-0.2, -0.15) is 4.31 Å². The van der Waals surface area contributed by atoms with Crippen molar-refractivity contribution in [1.82, 2.24) is 4.31 Å². The average molecular weight is 317 g/mol.